The Balaban J connectivity index is 1.75. The number of aryl methyl sites for hydroxylation is 1. The second kappa shape index (κ2) is 5.07. The number of carbonyl (C=O) groups is 1. The van der Waals surface area contributed by atoms with Crippen molar-refractivity contribution in [3.8, 4) is 5.75 Å². The maximum absolute atomic E-state index is 12.6. The van der Waals surface area contributed by atoms with Gasteiger partial charge in [-0.15, -0.1) is 0 Å². The van der Waals surface area contributed by atoms with Gasteiger partial charge in [0.2, 0.25) is 0 Å². The predicted molar refractivity (Wildman–Crippen MR) is 88.7 cm³/mol. The molecule has 1 N–H and O–H groups in total. The summed E-state index contributed by atoms with van der Waals surface area (Å²) in [5.41, 5.74) is 1.38. The van der Waals surface area contributed by atoms with Crippen molar-refractivity contribution in [2.45, 2.75) is 63.4 Å². The molecule has 3 aliphatic rings. The van der Waals surface area contributed by atoms with Gasteiger partial charge in [-0.25, -0.2) is 0 Å². The number of ether oxygens (including phenoxy) is 1. The van der Waals surface area contributed by atoms with Crippen LogP contribution in [0.4, 0.5) is 0 Å². The van der Waals surface area contributed by atoms with Crippen LogP contribution in [0.1, 0.15) is 62.5 Å². The van der Waals surface area contributed by atoms with Gasteiger partial charge < -0.3 is 9.84 Å². The van der Waals surface area contributed by atoms with Crippen molar-refractivity contribution in [1.29, 1.82) is 0 Å². The molecule has 0 aromatic heterocycles. The van der Waals surface area contributed by atoms with Crippen LogP contribution in [0, 0.1) is 11.3 Å². The van der Waals surface area contributed by atoms with Crippen LogP contribution in [-0.4, -0.2) is 23.6 Å². The van der Waals surface area contributed by atoms with Gasteiger partial charge in [-0.3, -0.25) is 4.79 Å². The summed E-state index contributed by atoms with van der Waals surface area (Å²) < 4.78 is 5.36. The number of fused-ring (bicyclic) bond motifs is 5. The zero-order chi connectivity index (χ0) is 16.2. The Hall–Kier alpha value is -1.35. The Morgan fingerprint density at radius 1 is 1.22 bits per heavy atom. The molecular formula is C20H26O3. The van der Waals surface area contributed by atoms with Gasteiger partial charge in [0, 0.05) is 6.42 Å². The van der Waals surface area contributed by atoms with Crippen LogP contribution < -0.4 is 4.74 Å². The smallest absolute Gasteiger partial charge is 0.141 e. The van der Waals surface area contributed by atoms with Gasteiger partial charge in [0.1, 0.15) is 11.5 Å². The first kappa shape index (κ1) is 15.2. The van der Waals surface area contributed by atoms with E-state index in [-0.39, 0.29) is 11.7 Å². The number of Topliss-reactive ketones (excluding diaryl/α,β-unsaturated/α-hetero) is 1. The lowest BCUT2D eigenvalue weighted by Crippen LogP contribution is -2.62. The maximum Gasteiger partial charge on any atom is 0.141 e. The van der Waals surface area contributed by atoms with E-state index in [1.54, 1.807) is 7.11 Å². The van der Waals surface area contributed by atoms with Crippen molar-refractivity contribution in [3.63, 3.8) is 0 Å². The summed E-state index contributed by atoms with van der Waals surface area (Å²) in [4.78, 5) is 12.6. The Morgan fingerprint density at radius 3 is 2.83 bits per heavy atom. The van der Waals surface area contributed by atoms with Gasteiger partial charge in [-0.05, 0) is 80.5 Å². The molecule has 4 atom stereocenters. The molecule has 0 spiro atoms. The molecule has 4 rings (SSSR count). The van der Waals surface area contributed by atoms with Crippen LogP contribution in [-0.2, 0) is 11.2 Å². The first-order valence-electron chi connectivity index (χ1n) is 8.92. The van der Waals surface area contributed by atoms with E-state index < -0.39 is 11.0 Å². The molecule has 23 heavy (non-hydrogen) atoms. The van der Waals surface area contributed by atoms with Crippen LogP contribution >= 0.6 is 0 Å². The molecule has 0 aliphatic heterocycles. The third-order valence-corrected chi connectivity index (χ3v) is 7.06. The van der Waals surface area contributed by atoms with Crippen LogP contribution in [0.3, 0.4) is 0 Å². The average molecular weight is 314 g/mol. The van der Waals surface area contributed by atoms with Crippen LogP contribution in [0.5, 0.6) is 5.75 Å². The molecular weight excluding hydrogens is 288 g/mol. The summed E-state index contributed by atoms with van der Waals surface area (Å²) in [7, 11) is 1.70. The lowest BCUT2D eigenvalue weighted by atomic mass is 9.48. The molecule has 0 unspecified atom stereocenters. The highest BCUT2D eigenvalue weighted by Gasteiger charge is 2.61. The van der Waals surface area contributed by atoms with E-state index in [2.05, 4.69) is 12.1 Å². The molecule has 0 heterocycles. The second-order valence-corrected chi connectivity index (χ2v) is 7.89. The quantitative estimate of drug-likeness (QED) is 0.861. The highest BCUT2D eigenvalue weighted by Crippen LogP contribution is 2.60. The second-order valence-electron chi connectivity index (χ2n) is 7.89. The molecule has 0 amide bonds. The summed E-state index contributed by atoms with van der Waals surface area (Å²) in [6, 6.07) is 6.36. The van der Waals surface area contributed by atoms with Crippen molar-refractivity contribution in [2.24, 2.45) is 11.3 Å². The number of ketones is 1. The molecule has 0 bridgehead atoms. The largest absolute Gasteiger partial charge is 0.497 e. The zero-order valence-corrected chi connectivity index (χ0v) is 14.1. The van der Waals surface area contributed by atoms with Gasteiger partial charge in [-0.2, -0.15) is 0 Å². The molecule has 0 radical (unpaired) electrons. The number of aliphatic hydroxyl groups is 1. The van der Waals surface area contributed by atoms with Crippen molar-refractivity contribution < 1.29 is 14.6 Å². The minimum Gasteiger partial charge on any atom is -0.497 e. The third kappa shape index (κ3) is 1.95. The van der Waals surface area contributed by atoms with E-state index in [9.17, 15) is 9.90 Å². The molecule has 0 saturated heterocycles. The molecule has 3 aliphatic carbocycles. The Labute approximate surface area is 138 Å². The monoisotopic (exact) mass is 314 g/mol. The highest BCUT2D eigenvalue weighted by molar-refractivity contribution is 5.87. The minimum atomic E-state index is -0.817. The fraction of sp³-hybridized carbons (Fsp3) is 0.650. The number of methoxy groups -OCH3 is 1. The Morgan fingerprint density at radius 2 is 2.04 bits per heavy atom. The number of rotatable bonds is 1. The molecule has 1 aromatic rings. The van der Waals surface area contributed by atoms with E-state index in [1.807, 2.05) is 13.0 Å². The highest BCUT2D eigenvalue weighted by atomic mass is 16.5. The topological polar surface area (TPSA) is 46.5 Å². The van der Waals surface area contributed by atoms with Crippen molar-refractivity contribution >= 4 is 5.78 Å². The van der Waals surface area contributed by atoms with Crippen molar-refractivity contribution in [2.75, 3.05) is 7.11 Å². The molecule has 1 aromatic carbocycles. The third-order valence-electron chi connectivity index (χ3n) is 7.06. The lowest BCUT2D eigenvalue weighted by Gasteiger charge is -2.58. The zero-order valence-electron chi connectivity index (χ0n) is 14.1. The van der Waals surface area contributed by atoms with Gasteiger partial charge in [0.25, 0.3) is 0 Å². The van der Waals surface area contributed by atoms with Crippen molar-refractivity contribution in [3.05, 3.63) is 29.3 Å². The van der Waals surface area contributed by atoms with Crippen LogP contribution in [0.15, 0.2) is 18.2 Å². The molecule has 3 nitrogen and oxygen atoms in total. The SMILES string of the molecule is COc1ccc2c(c1)CC[C@H]1[C@@H]2CC[C@]2(C)C(=O)CCC[C@]12O. The summed E-state index contributed by atoms with van der Waals surface area (Å²) in [6.45, 7) is 2.02. The fourth-order valence-corrected chi connectivity index (χ4v) is 5.65. The van der Waals surface area contributed by atoms with E-state index >= 15 is 0 Å². The molecule has 2 saturated carbocycles. The maximum atomic E-state index is 12.6. The molecule has 2 fully saturated rings. The van der Waals surface area contributed by atoms with E-state index in [0.717, 1.165) is 44.3 Å². The number of carbonyl (C=O) groups excluding carboxylic acids is 1. The van der Waals surface area contributed by atoms with E-state index in [4.69, 9.17) is 4.74 Å². The van der Waals surface area contributed by atoms with Gasteiger partial charge in [0.05, 0.1) is 18.1 Å². The minimum absolute atomic E-state index is 0.214. The Bertz CT molecular complexity index is 652. The van der Waals surface area contributed by atoms with Gasteiger partial charge in [-0.1, -0.05) is 6.07 Å². The molecule has 124 valence electrons. The summed E-state index contributed by atoms with van der Waals surface area (Å²) in [5.74, 6) is 1.79. The summed E-state index contributed by atoms with van der Waals surface area (Å²) in [6.07, 6.45) is 6.03. The van der Waals surface area contributed by atoms with Gasteiger partial charge in [0.15, 0.2) is 0 Å². The van der Waals surface area contributed by atoms with E-state index in [1.165, 1.54) is 11.1 Å². The number of benzene rings is 1. The number of hydrogen-bond acceptors (Lipinski definition) is 3. The first-order valence-corrected chi connectivity index (χ1v) is 8.92. The van der Waals surface area contributed by atoms with Gasteiger partial charge >= 0.3 is 0 Å². The average Bonchev–Trinajstić information content (AvgIpc) is 2.56. The van der Waals surface area contributed by atoms with Crippen molar-refractivity contribution in [1.82, 2.24) is 0 Å². The first-order chi connectivity index (χ1) is 11.0. The van der Waals surface area contributed by atoms with Crippen LogP contribution in [0.2, 0.25) is 0 Å². The summed E-state index contributed by atoms with van der Waals surface area (Å²) >= 11 is 0. The molecule has 3 heteroatoms. The number of hydrogen-bond donors (Lipinski definition) is 1. The van der Waals surface area contributed by atoms with Crippen LogP contribution in [0.25, 0.3) is 0 Å². The lowest BCUT2D eigenvalue weighted by molar-refractivity contribution is -0.186. The summed E-state index contributed by atoms with van der Waals surface area (Å²) in [5, 5.41) is 11.6. The Kier molecular flexibility index (Phi) is 3.35. The van der Waals surface area contributed by atoms with E-state index in [0.29, 0.717) is 12.3 Å². The standard InChI is InChI=1S/C20H26O3/c1-19-11-9-16-15-7-6-14(23-2)12-13(15)5-8-17(16)20(19,22)10-3-4-18(19)21/h6-7,12,16-17,22H,3-5,8-11H2,1-2H3/t16-,17+,19-,20+/m1/s1. The fourth-order valence-electron chi connectivity index (χ4n) is 5.65. The normalized spacial score (nSPS) is 39.2. The predicted octanol–water partition coefficient (Wildman–Crippen LogP) is 3.63.